The van der Waals surface area contributed by atoms with Crippen molar-refractivity contribution in [3.63, 3.8) is 0 Å². The van der Waals surface area contributed by atoms with E-state index in [1.807, 2.05) is 6.07 Å². The van der Waals surface area contributed by atoms with E-state index in [0.717, 1.165) is 43.3 Å². The van der Waals surface area contributed by atoms with Crippen molar-refractivity contribution in [1.29, 1.82) is 0 Å². The van der Waals surface area contributed by atoms with E-state index in [2.05, 4.69) is 43.5 Å². The van der Waals surface area contributed by atoms with Crippen molar-refractivity contribution in [1.82, 2.24) is 20.2 Å². The topological polar surface area (TPSA) is 95.8 Å². The molecular weight excluding hydrogens is 302 g/mol. The van der Waals surface area contributed by atoms with E-state index in [1.165, 1.54) is 18.5 Å². The highest BCUT2D eigenvalue weighted by molar-refractivity contribution is 5.53. The molecule has 0 saturated heterocycles. The Morgan fingerprint density at radius 1 is 1.17 bits per heavy atom. The summed E-state index contributed by atoms with van der Waals surface area (Å²) in [6.07, 6.45) is 8.66. The fourth-order valence-corrected chi connectivity index (χ4v) is 3.38. The lowest BCUT2D eigenvalue weighted by Crippen LogP contribution is -2.39. The number of hydrogen-bond donors (Lipinski definition) is 3. The average Bonchev–Trinajstić information content (AvgIpc) is 3.35. The van der Waals surface area contributed by atoms with E-state index in [4.69, 9.17) is 5.73 Å². The van der Waals surface area contributed by atoms with Crippen LogP contribution in [-0.4, -0.2) is 39.3 Å². The van der Waals surface area contributed by atoms with Crippen molar-refractivity contribution in [3.05, 3.63) is 24.0 Å². The third-order valence-electron chi connectivity index (χ3n) is 5.12. The summed E-state index contributed by atoms with van der Waals surface area (Å²) in [7, 11) is 2.07. The Kier molecular flexibility index (Phi) is 4.10. The largest absolute Gasteiger partial charge is 0.341 e. The monoisotopic (exact) mass is 327 g/mol. The smallest absolute Gasteiger partial charge is 0.227 e. The van der Waals surface area contributed by atoms with Crippen LogP contribution in [0.2, 0.25) is 0 Å². The first-order valence-corrected chi connectivity index (χ1v) is 8.83. The molecule has 128 valence electrons. The number of nitrogens with zero attached hydrogens (tertiary/aromatic N) is 4. The van der Waals surface area contributed by atoms with Gasteiger partial charge in [0.15, 0.2) is 5.82 Å². The molecule has 0 atom stereocenters. The minimum absolute atomic E-state index is 0.351. The Labute approximate surface area is 142 Å². The van der Waals surface area contributed by atoms with Gasteiger partial charge in [-0.15, -0.1) is 0 Å². The fraction of sp³-hybridized carbons (Fsp3) is 0.588. The SMILES string of the molecule is CN(c1nccc(Nc2cc(C3CC3)[nH]n2)n1)C1CCC(N)CC1. The van der Waals surface area contributed by atoms with Crippen LogP contribution in [0, 0.1) is 0 Å². The van der Waals surface area contributed by atoms with Crippen LogP contribution < -0.4 is 16.0 Å². The van der Waals surface area contributed by atoms with Gasteiger partial charge in [-0.3, -0.25) is 5.10 Å². The molecule has 0 bridgehead atoms. The molecule has 0 amide bonds. The van der Waals surface area contributed by atoms with Gasteiger partial charge in [-0.25, -0.2) is 4.98 Å². The summed E-state index contributed by atoms with van der Waals surface area (Å²) in [5.74, 6) is 3.00. The number of hydrogen-bond acceptors (Lipinski definition) is 6. The summed E-state index contributed by atoms with van der Waals surface area (Å²) >= 11 is 0. The maximum absolute atomic E-state index is 6.00. The highest BCUT2D eigenvalue weighted by Gasteiger charge is 2.26. The van der Waals surface area contributed by atoms with Gasteiger partial charge in [-0.2, -0.15) is 10.1 Å². The van der Waals surface area contributed by atoms with Crippen molar-refractivity contribution < 1.29 is 0 Å². The molecule has 2 aromatic rings. The van der Waals surface area contributed by atoms with Crippen LogP contribution in [0.3, 0.4) is 0 Å². The Morgan fingerprint density at radius 3 is 2.71 bits per heavy atom. The third kappa shape index (κ3) is 3.36. The number of nitrogens with one attached hydrogen (secondary N) is 2. The number of nitrogens with two attached hydrogens (primary N) is 1. The summed E-state index contributed by atoms with van der Waals surface area (Å²) in [4.78, 5) is 11.3. The second-order valence-electron chi connectivity index (χ2n) is 7.03. The number of H-pyrrole nitrogens is 1. The van der Waals surface area contributed by atoms with Gasteiger partial charge in [0, 0.05) is 43.0 Å². The summed E-state index contributed by atoms with van der Waals surface area (Å²) in [6, 6.07) is 4.77. The van der Waals surface area contributed by atoms with Crippen molar-refractivity contribution in [2.75, 3.05) is 17.3 Å². The molecule has 2 aliphatic carbocycles. The zero-order valence-corrected chi connectivity index (χ0v) is 14.1. The van der Waals surface area contributed by atoms with Crippen molar-refractivity contribution >= 4 is 17.6 Å². The van der Waals surface area contributed by atoms with Gasteiger partial charge in [0.05, 0.1) is 0 Å². The second kappa shape index (κ2) is 6.39. The minimum Gasteiger partial charge on any atom is -0.341 e. The first kappa shape index (κ1) is 15.4. The van der Waals surface area contributed by atoms with E-state index in [-0.39, 0.29) is 0 Å². The third-order valence-corrected chi connectivity index (χ3v) is 5.12. The molecule has 0 aromatic carbocycles. The lowest BCUT2D eigenvalue weighted by molar-refractivity contribution is 0.382. The van der Waals surface area contributed by atoms with Crippen LogP contribution in [0.15, 0.2) is 18.3 Å². The normalized spacial score (nSPS) is 23.9. The predicted molar refractivity (Wildman–Crippen MR) is 94.5 cm³/mol. The zero-order chi connectivity index (χ0) is 16.5. The van der Waals surface area contributed by atoms with Gasteiger partial charge < -0.3 is 16.0 Å². The average molecular weight is 327 g/mol. The predicted octanol–water partition coefficient (Wildman–Crippen LogP) is 2.53. The number of aromatic nitrogens is 4. The van der Waals surface area contributed by atoms with Crippen LogP contribution in [0.25, 0.3) is 0 Å². The first-order chi connectivity index (χ1) is 11.7. The first-order valence-electron chi connectivity index (χ1n) is 8.83. The van der Waals surface area contributed by atoms with Crippen molar-refractivity contribution in [3.8, 4) is 0 Å². The molecule has 7 heteroatoms. The van der Waals surface area contributed by atoms with Crippen LogP contribution in [0.5, 0.6) is 0 Å². The molecule has 0 radical (unpaired) electrons. The molecule has 2 saturated carbocycles. The molecule has 0 spiro atoms. The van der Waals surface area contributed by atoms with Gasteiger partial charge >= 0.3 is 0 Å². The summed E-state index contributed by atoms with van der Waals surface area (Å²) in [5, 5.41) is 10.7. The van der Waals surface area contributed by atoms with Gasteiger partial charge in [0.25, 0.3) is 0 Å². The minimum atomic E-state index is 0.351. The molecule has 7 nitrogen and oxygen atoms in total. The van der Waals surface area contributed by atoms with Gasteiger partial charge in [0.2, 0.25) is 5.95 Å². The highest BCUT2D eigenvalue weighted by atomic mass is 15.3. The van der Waals surface area contributed by atoms with E-state index in [1.54, 1.807) is 6.20 Å². The molecule has 0 unspecified atom stereocenters. The summed E-state index contributed by atoms with van der Waals surface area (Å²) in [6.45, 7) is 0. The molecule has 2 aliphatic rings. The Bertz CT molecular complexity index is 686. The lowest BCUT2D eigenvalue weighted by atomic mass is 9.91. The molecule has 4 rings (SSSR count). The number of anilines is 3. The van der Waals surface area contributed by atoms with Crippen molar-refractivity contribution in [2.45, 2.75) is 56.5 Å². The van der Waals surface area contributed by atoms with Crippen LogP contribution in [0.1, 0.15) is 50.1 Å². The van der Waals surface area contributed by atoms with E-state index < -0.39 is 0 Å². The molecule has 2 heterocycles. The number of rotatable bonds is 5. The summed E-state index contributed by atoms with van der Waals surface area (Å²) < 4.78 is 0. The molecule has 4 N–H and O–H groups in total. The Balaban J connectivity index is 1.44. The standard InChI is InChI=1S/C17H25N7/c1-24(13-6-4-12(18)5-7-13)17-19-9-8-15(21-17)20-16-10-14(22-23-16)11-2-3-11/h8-13H,2-7,18H2,1H3,(H2,19,20,21,22,23). The highest BCUT2D eigenvalue weighted by Crippen LogP contribution is 2.39. The molecule has 0 aliphatic heterocycles. The van der Waals surface area contributed by atoms with E-state index >= 15 is 0 Å². The molecule has 24 heavy (non-hydrogen) atoms. The Hall–Kier alpha value is -2.15. The number of aromatic amines is 1. The summed E-state index contributed by atoms with van der Waals surface area (Å²) in [5.41, 5.74) is 7.21. The zero-order valence-electron chi connectivity index (χ0n) is 14.1. The van der Waals surface area contributed by atoms with E-state index in [9.17, 15) is 0 Å². The van der Waals surface area contributed by atoms with Crippen LogP contribution >= 0.6 is 0 Å². The Morgan fingerprint density at radius 2 is 1.96 bits per heavy atom. The quantitative estimate of drug-likeness (QED) is 0.781. The van der Waals surface area contributed by atoms with Crippen molar-refractivity contribution in [2.24, 2.45) is 5.73 Å². The lowest BCUT2D eigenvalue weighted by Gasteiger charge is -2.33. The van der Waals surface area contributed by atoms with Crippen LogP contribution in [0.4, 0.5) is 17.6 Å². The molecular formula is C17H25N7. The van der Waals surface area contributed by atoms with Gasteiger partial charge in [0.1, 0.15) is 5.82 Å². The van der Waals surface area contributed by atoms with Crippen LogP contribution in [-0.2, 0) is 0 Å². The fourth-order valence-electron chi connectivity index (χ4n) is 3.38. The maximum Gasteiger partial charge on any atom is 0.227 e. The maximum atomic E-state index is 6.00. The molecule has 2 fully saturated rings. The van der Waals surface area contributed by atoms with Gasteiger partial charge in [-0.1, -0.05) is 0 Å². The molecule has 2 aromatic heterocycles. The van der Waals surface area contributed by atoms with E-state index in [0.29, 0.717) is 18.0 Å². The second-order valence-corrected chi connectivity index (χ2v) is 7.03. The van der Waals surface area contributed by atoms with Gasteiger partial charge in [-0.05, 0) is 44.6 Å².